The van der Waals surface area contributed by atoms with Gasteiger partial charge in [0.2, 0.25) is 5.78 Å². The number of ether oxygens (including phenoxy) is 3. The molecule has 1 amide bonds. The Bertz CT molecular complexity index is 868. The molecule has 6 heteroatoms. The van der Waals surface area contributed by atoms with E-state index >= 15 is 0 Å². The van der Waals surface area contributed by atoms with Gasteiger partial charge in [-0.1, -0.05) is 12.1 Å². The molecule has 0 spiro atoms. The Morgan fingerprint density at radius 2 is 1.81 bits per heavy atom. The Morgan fingerprint density at radius 1 is 1.12 bits per heavy atom. The summed E-state index contributed by atoms with van der Waals surface area (Å²) in [5.74, 6) is 1.64. The minimum absolute atomic E-state index is 0.175. The van der Waals surface area contributed by atoms with Crippen LogP contribution in [-0.2, 0) is 0 Å². The molecule has 3 rings (SSSR count). The first-order valence-electron chi connectivity index (χ1n) is 8.18. The van der Waals surface area contributed by atoms with E-state index < -0.39 is 6.09 Å². The van der Waals surface area contributed by atoms with Crippen LogP contribution in [0.5, 0.6) is 17.2 Å². The van der Waals surface area contributed by atoms with Crippen molar-refractivity contribution in [2.75, 3.05) is 20.7 Å². The monoisotopic (exact) mass is 353 g/mol. The predicted octanol–water partition coefficient (Wildman–Crippen LogP) is 3.76. The van der Waals surface area contributed by atoms with Crippen LogP contribution >= 0.6 is 0 Å². The van der Waals surface area contributed by atoms with Crippen LogP contribution in [0.25, 0.3) is 6.08 Å². The summed E-state index contributed by atoms with van der Waals surface area (Å²) in [7, 11) is 3.22. The average Bonchev–Trinajstić information content (AvgIpc) is 2.92. The Hall–Kier alpha value is -3.28. The number of amides is 1. The van der Waals surface area contributed by atoms with Crippen LogP contribution in [0.3, 0.4) is 0 Å². The van der Waals surface area contributed by atoms with Crippen LogP contribution in [0.1, 0.15) is 22.8 Å². The van der Waals surface area contributed by atoms with Gasteiger partial charge in [0, 0.05) is 20.2 Å². The maximum atomic E-state index is 12.4. The summed E-state index contributed by atoms with van der Waals surface area (Å²) in [4.78, 5) is 25.3. The van der Waals surface area contributed by atoms with E-state index in [0.717, 1.165) is 5.56 Å². The quantitative estimate of drug-likeness (QED) is 0.783. The van der Waals surface area contributed by atoms with Gasteiger partial charge in [-0.05, 0) is 42.8 Å². The Balaban J connectivity index is 1.76. The number of ketones is 1. The zero-order valence-electron chi connectivity index (χ0n) is 14.8. The highest BCUT2D eigenvalue weighted by Gasteiger charge is 2.27. The van der Waals surface area contributed by atoms with E-state index in [-0.39, 0.29) is 11.5 Å². The number of allylic oxidation sites excluding steroid dienone is 1. The van der Waals surface area contributed by atoms with E-state index in [4.69, 9.17) is 14.2 Å². The molecule has 0 N–H and O–H groups in total. The van der Waals surface area contributed by atoms with Gasteiger partial charge in [-0.2, -0.15) is 0 Å². The lowest BCUT2D eigenvalue weighted by atomic mass is 10.1. The van der Waals surface area contributed by atoms with Crippen molar-refractivity contribution in [2.24, 2.45) is 0 Å². The summed E-state index contributed by atoms with van der Waals surface area (Å²) >= 11 is 0. The number of hydrogen-bond acceptors (Lipinski definition) is 5. The van der Waals surface area contributed by atoms with E-state index in [1.54, 1.807) is 62.6 Å². The van der Waals surface area contributed by atoms with Gasteiger partial charge in [-0.15, -0.1) is 0 Å². The highest BCUT2D eigenvalue weighted by molar-refractivity contribution is 6.14. The lowest BCUT2D eigenvalue weighted by Gasteiger charge is -2.10. The second-order valence-electron chi connectivity index (χ2n) is 5.86. The van der Waals surface area contributed by atoms with Crippen LogP contribution < -0.4 is 14.2 Å². The van der Waals surface area contributed by atoms with Crippen molar-refractivity contribution in [2.45, 2.75) is 6.92 Å². The fraction of sp³-hybridized carbons (Fsp3) is 0.200. The fourth-order valence-corrected chi connectivity index (χ4v) is 2.40. The molecule has 2 aromatic rings. The summed E-state index contributed by atoms with van der Waals surface area (Å²) in [6.45, 7) is 2.43. The predicted molar refractivity (Wildman–Crippen MR) is 96.7 cm³/mol. The minimum atomic E-state index is -0.453. The van der Waals surface area contributed by atoms with Crippen LogP contribution in [0.4, 0.5) is 4.79 Å². The summed E-state index contributed by atoms with van der Waals surface area (Å²) in [5.41, 5.74) is 1.27. The topological polar surface area (TPSA) is 65.1 Å². The van der Waals surface area contributed by atoms with Crippen LogP contribution in [0, 0.1) is 0 Å². The standard InChI is InChI=1S/C20H19NO5/c1-4-24-15-9-10-16-17(12-15)26-18(19(16)22)11-13-5-7-14(8-6-13)25-20(23)21(2)3/h5-12H,4H2,1-3H3/b18-11-. The van der Waals surface area contributed by atoms with E-state index in [1.807, 2.05) is 6.92 Å². The van der Waals surface area contributed by atoms with Gasteiger partial charge in [0.05, 0.1) is 12.2 Å². The molecule has 0 bridgehead atoms. The maximum Gasteiger partial charge on any atom is 0.414 e. The van der Waals surface area contributed by atoms with Crippen molar-refractivity contribution in [1.29, 1.82) is 0 Å². The molecule has 0 aromatic heterocycles. The van der Waals surface area contributed by atoms with E-state index in [9.17, 15) is 9.59 Å². The number of carbonyl (C=O) groups is 2. The van der Waals surface area contributed by atoms with Crippen molar-refractivity contribution in [3.8, 4) is 17.2 Å². The molecule has 0 atom stereocenters. The molecule has 0 fully saturated rings. The van der Waals surface area contributed by atoms with Gasteiger partial charge < -0.3 is 19.1 Å². The highest BCUT2D eigenvalue weighted by atomic mass is 16.6. The molecule has 26 heavy (non-hydrogen) atoms. The van der Waals surface area contributed by atoms with E-state index in [1.165, 1.54) is 4.90 Å². The molecule has 1 aliphatic heterocycles. The smallest absolute Gasteiger partial charge is 0.414 e. The highest BCUT2D eigenvalue weighted by Crippen LogP contribution is 2.35. The SMILES string of the molecule is CCOc1ccc2c(c1)O/C(=C\c1ccc(OC(=O)N(C)C)cc1)C2=O. The van der Waals surface area contributed by atoms with Crippen molar-refractivity contribution >= 4 is 18.0 Å². The molecular weight excluding hydrogens is 334 g/mol. The first-order valence-corrected chi connectivity index (χ1v) is 8.18. The Kier molecular flexibility index (Phi) is 4.93. The van der Waals surface area contributed by atoms with Crippen molar-refractivity contribution in [1.82, 2.24) is 4.90 Å². The summed E-state index contributed by atoms with van der Waals surface area (Å²) in [5, 5.41) is 0. The second kappa shape index (κ2) is 7.31. The van der Waals surface area contributed by atoms with Crippen molar-refractivity contribution < 1.29 is 23.8 Å². The molecule has 0 saturated carbocycles. The van der Waals surface area contributed by atoms with Gasteiger partial charge in [0.1, 0.15) is 17.2 Å². The van der Waals surface area contributed by atoms with Gasteiger partial charge in [0.15, 0.2) is 5.76 Å². The molecule has 0 radical (unpaired) electrons. The fourth-order valence-electron chi connectivity index (χ4n) is 2.40. The van der Waals surface area contributed by atoms with Gasteiger partial charge in [-0.3, -0.25) is 4.79 Å². The number of nitrogens with zero attached hydrogens (tertiary/aromatic N) is 1. The van der Waals surface area contributed by atoms with Crippen LogP contribution in [0.2, 0.25) is 0 Å². The molecule has 0 aliphatic carbocycles. The number of benzene rings is 2. The number of rotatable bonds is 4. The van der Waals surface area contributed by atoms with Crippen molar-refractivity contribution in [3.63, 3.8) is 0 Å². The van der Waals surface area contributed by atoms with E-state index in [2.05, 4.69) is 0 Å². The molecule has 134 valence electrons. The Labute approximate surface area is 151 Å². The normalized spacial score (nSPS) is 14.0. The third-order valence-corrected chi connectivity index (χ3v) is 3.70. The first-order chi connectivity index (χ1) is 12.5. The van der Waals surface area contributed by atoms with E-state index in [0.29, 0.717) is 29.4 Å². The number of hydrogen-bond donors (Lipinski definition) is 0. The second-order valence-corrected chi connectivity index (χ2v) is 5.86. The summed E-state index contributed by atoms with van der Waals surface area (Å²) in [6, 6.07) is 12.0. The lowest BCUT2D eigenvalue weighted by Crippen LogP contribution is -2.25. The van der Waals surface area contributed by atoms with Gasteiger partial charge in [0.25, 0.3) is 0 Å². The number of carbonyl (C=O) groups excluding carboxylic acids is 2. The van der Waals surface area contributed by atoms with Gasteiger partial charge >= 0.3 is 6.09 Å². The molecule has 1 heterocycles. The third-order valence-electron chi connectivity index (χ3n) is 3.70. The molecule has 2 aromatic carbocycles. The number of Topliss-reactive ketones (excluding diaryl/α,β-unsaturated/α-hetero) is 1. The van der Waals surface area contributed by atoms with Crippen LogP contribution in [-0.4, -0.2) is 37.5 Å². The molecule has 1 aliphatic rings. The zero-order valence-corrected chi connectivity index (χ0v) is 14.8. The van der Waals surface area contributed by atoms with Gasteiger partial charge in [-0.25, -0.2) is 4.79 Å². The average molecular weight is 353 g/mol. The summed E-state index contributed by atoms with van der Waals surface area (Å²) < 4.78 is 16.3. The zero-order chi connectivity index (χ0) is 18.7. The van der Waals surface area contributed by atoms with Crippen molar-refractivity contribution in [3.05, 3.63) is 59.4 Å². The maximum absolute atomic E-state index is 12.4. The summed E-state index contributed by atoms with van der Waals surface area (Å²) in [6.07, 6.45) is 1.20. The minimum Gasteiger partial charge on any atom is -0.494 e. The molecule has 6 nitrogen and oxygen atoms in total. The number of fused-ring (bicyclic) bond motifs is 1. The molecule has 0 saturated heterocycles. The molecule has 0 unspecified atom stereocenters. The first kappa shape index (κ1) is 17.5. The van der Waals surface area contributed by atoms with Crippen LogP contribution in [0.15, 0.2) is 48.2 Å². The molecular formula is C20H19NO5. The largest absolute Gasteiger partial charge is 0.494 e. The third kappa shape index (κ3) is 3.69. The Morgan fingerprint density at radius 3 is 2.46 bits per heavy atom. The lowest BCUT2D eigenvalue weighted by molar-refractivity contribution is 0.101.